The van der Waals surface area contributed by atoms with Crippen molar-refractivity contribution in [3.05, 3.63) is 65.2 Å². The summed E-state index contributed by atoms with van der Waals surface area (Å²) in [5.41, 5.74) is 3.78. The minimum Gasteiger partial charge on any atom is -0.475 e. The molecule has 3 aliphatic rings. The van der Waals surface area contributed by atoms with E-state index in [1.165, 1.54) is 12.1 Å². The second-order valence-electron chi connectivity index (χ2n) is 11.4. The van der Waals surface area contributed by atoms with Gasteiger partial charge in [-0.05, 0) is 74.9 Å². The van der Waals surface area contributed by atoms with E-state index in [0.29, 0.717) is 30.3 Å². The number of rotatable bonds is 4. The van der Waals surface area contributed by atoms with Crippen LogP contribution < -0.4 is 9.46 Å². The van der Waals surface area contributed by atoms with Crippen LogP contribution in [-0.2, 0) is 14.8 Å². The van der Waals surface area contributed by atoms with E-state index < -0.39 is 10.0 Å². The lowest BCUT2D eigenvalue weighted by molar-refractivity contribution is 0.0270. The Bertz CT molecular complexity index is 1550. The first-order valence-corrected chi connectivity index (χ1v) is 16.1. The van der Waals surface area contributed by atoms with E-state index in [1.54, 1.807) is 18.2 Å². The summed E-state index contributed by atoms with van der Waals surface area (Å²) in [5, 5.41) is 0. The number of anilines is 1. The second kappa shape index (κ2) is 12.0. The highest BCUT2D eigenvalue weighted by atomic mass is 32.2. The normalized spacial score (nSPS) is 21.2. The first-order chi connectivity index (χ1) is 20.3. The fourth-order valence-corrected chi connectivity index (χ4v) is 7.14. The van der Waals surface area contributed by atoms with Crippen LogP contribution in [0.15, 0.2) is 53.4 Å². The van der Waals surface area contributed by atoms with E-state index in [4.69, 9.17) is 9.47 Å². The Labute approximate surface area is 247 Å². The van der Waals surface area contributed by atoms with Gasteiger partial charge in [0.15, 0.2) is 0 Å². The van der Waals surface area contributed by atoms with Gasteiger partial charge in [0.05, 0.1) is 16.6 Å². The number of hydrogen-bond donors (Lipinski definition) is 1. The molecular formula is C31H37N5O5S. The van der Waals surface area contributed by atoms with Gasteiger partial charge in [-0.3, -0.25) is 9.69 Å². The van der Waals surface area contributed by atoms with Gasteiger partial charge in [0.1, 0.15) is 6.61 Å². The topological polar surface area (TPSA) is 114 Å². The number of nitrogens with one attached hydrogen (secondary N) is 1. The molecule has 0 spiro atoms. The standard InChI is InChI=1S/C31H37N5O5S/c1-21-5-3-6-22(2)29(21)27-18-28-33-31(32-27)34-42(38,39)26-8-4-7-24(17-26)30(37)36-14-13-35(19-25(36)20-41-28)12-9-23-10-15-40-16-11-23/h3-8,17-18,23,25H,9-16,19-20H2,1-2H3,(H,32,33,34)/t25-/m1/s1. The molecule has 1 amide bonds. The minimum absolute atomic E-state index is 0.0252. The summed E-state index contributed by atoms with van der Waals surface area (Å²) >= 11 is 0. The van der Waals surface area contributed by atoms with Crippen molar-refractivity contribution in [1.29, 1.82) is 0 Å². The average Bonchev–Trinajstić information content (AvgIpc) is 2.99. The molecule has 1 N–H and O–H groups in total. The van der Waals surface area contributed by atoms with Crippen LogP contribution in [0.2, 0.25) is 0 Å². The molecule has 42 heavy (non-hydrogen) atoms. The predicted molar refractivity (Wildman–Crippen MR) is 159 cm³/mol. The van der Waals surface area contributed by atoms with Gasteiger partial charge in [-0.25, -0.2) is 18.1 Å². The van der Waals surface area contributed by atoms with Crippen LogP contribution in [-0.4, -0.2) is 86.1 Å². The Morgan fingerprint density at radius 2 is 1.76 bits per heavy atom. The third kappa shape index (κ3) is 6.13. The molecule has 2 aromatic carbocycles. The van der Waals surface area contributed by atoms with Crippen molar-refractivity contribution >= 4 is 21.9 Å². The molecule has 11 heteroatoms. The average molecular weight is 592 g/mol. The van der Waals surface area contributed by atoms with Gasteiger partial charge >= 0.3 is 0 Å². The first kappa shape index (κ1) is 28.6. The fourth-order valence-electron chi connectivity index (χ4n) is 6.15. The van der Waals surface area contributed by atoms with Crippen molar-refractivity contribution in [3.8, 4) is 17.1 Å². The van der Waals surface area contributed by atoms with Gasteiger partial charge < -0.3 is 14.4 Å². The first-order valence-electron chi connectivity index (χ1n) is 14.6. The van der Waals surface area contributed by atoms with E-state index >= 15 is 0 Å². The molecule has 6 rings (SSSR count). The molecule has 2 saturated heterocycles. The molecular weight excluding hydrogens is 554 g/mol. The summed E-state index contributed by atoms with van der Waals surface area (Å²) in [7, 11) is -4.08. The number of amides is 1. The number of aryl methyl sites for hydroxylation is 2. The van der Waals surface area contributed by atoms with Gasteiger partial charge in [-0.1, -0.05) is 24.3 Å². The third-order valence-electron chi connectivity index (χ3n) is 8.50. The smallest absolute Gasteiger partial charge is 0.264 e. The number of nitrogens with zero attached hydrogens (tertiary/aromatic N) is 4. The van der Waals surface area contributed by atoms with E-state index in [1.807, 2.05) is 36.9 Å². The van der Waals surface area contributed by atoms with Gasteiger partial charge in [0, 0.05) is 50.0 Å². The van der Waals surface area contributed by atoms with Crippen molar-refractivity contribution in [2.24, 2.45) is 5.92 Å². The summed E-state index contributed by atoms with van der Waals surface area (Å²) in [6, 6.07) is 13.6. The van der Waals surface area contributed by atoms with Crippen molar-refractivity contribution in [2.45, 2.75) is 44.0 Å². The van der Waals surface area contributed by atoms with Crippen LogP contribution in [0.5, 0.6) is 5.88 Å². The zero-order valence-corrected chi connectivity index (χ0v) is 24.9. The molecule has 2 fully saturated rings. The minimum atomic E-state index is -4.08. The van der Waals surface area contributed by atoms with Gasteiger partial charge in [0.25, 0.3) is 15.9 Å². The molecule has 1 atom stereocenters. The molecule has 0 unspecified atom stereocenters. The lowest BCUT2D eigenvalue weighted by atomic mass is 9.96. The van der Waals surface area contributed by atoms with E-state index in [0.717, 1.165) is 62.3 Å². The summed E-state index contributed by atoms with van der Waals surface area (Å²) in [5.74, 6) is 0.616. The molecule has 4 heterocycles. The van der Waals surface area contributed by atoms with E-state index in [-0.39, 0.29) is 35.3 Å². The Balaban J connectivity index is 1.35. The fraction of sp³-hybridized carbons (Fsp3) is 0.452. The maximum Gasteiger partial charge on any atom is 0.264 e. The molecule has 10 nitrogen and oxygen atoms in total. The Morgan fingerprint density at radius 3 is 2.55 bits per heavy atom. The number of aromatic nitrogens is 2. The second-order valence-corrected chi connectivity index (χ2v) is 13.1. The van der Waals surface area contributed by atoms with Crippen LogP contribution >= 0.6 is 0 Å². The van der Waals surface area contributed by atoms with E-state index in [2.05, 4.69) is 19.6 Å². The molecule has 0 saturated carbocycles. The molecule has 0 radical (unpaired) electrons. The van der Waals surface area contributed by atoms with Gasteiger partial charge in [-0.15, -0.1) is 0 Å². The quantitative estimate of drug-likeness (QED) is 0.486. The highest BCUT2D eigenvalue weighted by Gasteiger charge is 2.33. The maximum atomic E-state index is 13.8. The molecule has 4 bridgehead atoms. The van der Waals surface area contributed by atoms with E-state index in [9.17, 15) is 13.2 Å². The molecule has 1 aromatic heterocycles. The zero-order chi connectivity index (χ0) is 29.3. The number of carbonyl (C=O) groups excluding carboxylic acids is 1. The lowest BCUT2D eigenvalue weighted by Crippen LogP contribution is -2.57. The predicted octanol–water partition coefficient (Wildman–Crippen LogP) is 3.90. The van der Waals surface area contributed by atoms with Crippen LogP contribution in [0, 0.1) is 19.8 Å². The van der Waals surface area contributed by atoms with Crippen molar-refractivity contribution < 1.29 is 22.7 Å². The molecule has 3 aliphatic heterocycles. The highest BCUT2D eigenvalue weighted by Crippen LogP contribution is 2.30. The van der Waals surface area contributed by atoms with Crippen LogP contribution in [0.25, 0.3) is 11.3 Å². The highest BCUT2D eigenvalue weighted by molar-refractivity contribution is 7.92. The number of ether oxygens (including phenoxy) is 2. The van der Waals surface area contributed by atoms with Crippen LogP contribution in [0.1, 0.15) is 40.7 Å². The Kier molecular flexibility index (Phi) is 8.15. The van der Waals surface area contributed by atoms with Gasteiger partial charge in [0.2, 0.25) is 11.8 Å². The monoisotopic (exact) mass is 591 g/mol. The number of benzene rings is 2. The van der Waals surface area contributed by atoms with Crippen LogP contribution in [0.4, 0.5) is 5.95 Å². The van der Waals surface area contributed by atoms with Crippen molar-refractivity contribution in [2.75, 3.05) is 50.7 Å². The summed E-state index contributed by atoms with van der Waals surface area (Å²) < 4.78 is 41.1. The number of fused-ring (bicyclic) bond motifs is 5. The lowest BCUT2D eigenvalue weighted by Gasteiger charge is -2.41. The summed E-state index contributed by atoms with van der Waals surface area (Å²) in [6.07, 6.45) is 3.29. The van der Waals surface area contributed by atoms with Crippen molar-refractivity contribution in [3.63, 3.8) is 0 Å². The van der Waals surface area contributed by atoms with Gasteiger partial charge in [-0.2, -0.15) is 4.98 Å². The zero-order valence-electron chi connectivity index (χ0n) is 24.1. The molecule has 0 aliphatic carbocycles. The SMILES string of the molecule is Cc1cccc(C)c1-c1cc2nc(n1)NS(=O)(=O)c1cccc(c1)C(=O)N1CCN(CCC3CCOCC3)C[C@@H]1CO2. The number of hydrogen-bond acceptors (Lipinski definition) is 8. The Hall–Kier alpha value is -3.54. The number of carbonyl (C=O) groups is 1. The summed E-state index contributed by atoms with van der Waals surface area (Å²) in [6.45, 7) is 8.75. The van der Waals surface area contributed by atoms with Crippen molar-refractivity contribution in [1.82, 2.24) is 19.8 Å². The molecule has 222 valence electrons. The number of piperazine rings is 1. The van der Waals surface area contributed by atoms with Crippen LogP contribution in [0.3, 0.4) is 0 Å². The number of sulfonamides is 1. The molecule has 3 aromatic rings. The maximum absolute atomic E-state index is 13.8. The largest absolute Gasteiger partial charge is 0.475 e. The Morgan fingerprint density at radius 1 is 1.00 bits per heavy atom. The third-order valence-corrected chi connectivity index (χ3v) is 9.83. The summed E-state index contributed by atoms with van der Waals surface area (Å²) in [4.78, 5) is 27.0.